The fraction of sp³-hybridized carbons (Fsp3) is 0.750. The predicted molar refractivity (Wildman–Crippen MR) is 70.4 cm³/mol. The van der Waals surface area contributed by atoms with Crippen LogP contribution >= 0.6 is 11.6 Å². The van der Waals surface area contributed by atoms with Crippen LogP contribution in [0.3, 0.4) is 0 Å². The highest BCUT2D eigenvalue weighted by Crippen LogP contribution is 2.32. The summed E-state index contributed by atoms with van der Waals surface area (Å²) < 4.78 is 7.71. The molecule has 0 saturated carbocycles. The van der Waals surface area contributed by atoms with Gasteiger partial charge < -0.3 is 10.1 Å². The van der Waals surface area contributed by atoms with Gasteiger partial charge in [0.05, 0.1) is 28.6 Å². The maximum atomic E-state index is 6.22. The van der Waals surface area contributed by atoms with Crippen molar-refractivity contribution in [1.29, 1.82) is 0 Å². The van der Waals surface area contributed by atoms with Crippen LogP contribution in [0.15, 0.2) is 6.20 Å². The van der Waals surface area contributed by atoms with Crippen molar-refractivity contribution in [3.8, 4) is 0 Å². The van der Waals surface area contributed by atoms with Gasteiger partial charge >= 0.3 is 0 Å². The molecule has 1 aromatic heterocycles. The molecule has 1 heterocycles. The summed E-state index contributed by atoms with van der Waals surface area (Å²) in [5, 5.41) is 8.22. The summed E-state index contributed by atoms with van der Waals surface area (Å²) >= 11 is 6.22. The molecular weight excluding hydrogens is 238 g/mol. The van der Waals surface area contributed by atoms with Gasteiger partial charge in [0.25, 0.3) is 0 Å². The topological polar surface area (TPSA) is 39.1 Å². The van der Waals surface area contributed by atoms with Crippen LogP contribution in [-0.4, -0.2) is 29.0 Å². The minimum absolute atomic E-state index is 0.0115. The molecule has 0 aliphatic heterocycles. The van der Waals surface area contributed by atoms with Crippen LogP contribution in [0.4, 0.5) is 0 Å². The van der Waals surface area contributed by atoms with Crippen LogP contribution in [0.2, 0.25) is 5.02 Å². The Morgan fingerprint density at radius 1 is 1.53 bits per heavy atom. The van der Waals surface area contributed by atoms with E-state index in [0.717, 1.165) is 12.2 Å². The summed E-state index contributed by atoms with van der Waals surface area (Å²) in [6.07, 6.45) is 1.69. The fourth-order valence-corrected chi connectivity index (χ4v) is 2.43. The molecule has 0 fully saturated rings. The van der Waals surface area contributed by atoms with Crippen molar-refractivity contribution in [3.05, 3.63) is 16.9 Å². The van der Waals surface area contributed by atoms with Gasteiger partial charge in [-0.2, -0.15) is 5.10 Å². The zero-order valence-electron chi connectivity index (χ0n) is 11.2. The van der Waals surface area contributed by atoms with E-state index in [-0.39, 0.29) is 11.6 Å². The van der Waals surface area contributed by atoms with E-state index < -0.39 is 0 Å². The van der Waals surface area contributed by atoms with Crippen molar-refractivity contribution < 1.29 is 4.74 Å². The van der Waals surface area contributed by atoms with Crippen LogP contribution in [0, 0.1) is 0 Å². The molecule has 0 radical (unpaired) electrons. The Hall–Kier alpha value is -0.580. The third-order valence-electron chi connectivity index (χ3n) is 2.91. The first-order chi connectivity index (χ1) is 7.97. The Kier molecular flexibility index (Phi) is 4.98. The van der Waals surface area contributed by atoms with Crippen LogP contribution < -0.4 is 5.32 Å². The first-order valence-corrected chi connectivity index (χ1v) is 6.38. The highest BCUT2D eigenvalue weighted by Gasteiger charge is 2.34. The Balaban J connectivity index is 3.12. The monoisotopic (exact) mass is 259 g/mol. The molecule has 0 amide bonds. The molecule has 17 heavy (non-hydrogen) atoms. The molecule has 0 aromatic carbocycles. The third kappa shape index (κ3) is 3.00. The van der Waals surface area contributed by atoms with Gasteiger partial charge in [-0.1, -0.05) is 11.6 Å². The first kappa shape index (κ1) is 14.5. The van der Waals surface area contributed by atoms with E-state index in [2.05, 4.69) is 24.3 Å². The number of hydrogen-bond donors (Lipinski definition) is 1. The standard InChI is InChI=1S/C12H22ClN3O/c1-6-16-10(9(13)8-15-16)11(14-5)12(3,4)17-7-2/h8,11,14H,6-7H2,1-5H3. The summed E-state index contributed by atoms with van der Waals surface area (Å²) in [5.41, 5.74) is 0.648. The number of rotatable bonds is 6. The van der Waals surface area contributed by atoms with Crippen molar-refractivity contribution in [2.75, 3.05) is 13.7 Å². The maximum absolute atomic E-state index is 6.22. The molecule has 1 aromatic rings. The number of aromatic nitrogens is 2. The zero-order chi connectivity index (χ0) is 13.1. The molecule has 0 aliphatic carbocycles. The number of ether oxygens (including phenoxy) is 1. The van der Waals surface area contributed by atoms with E-state index in [1.165, 1.54) is 0 Å². The maximum Gasteiger partial charge on any atom is 0.0835 e. The van der Waals surface area contributed by atoms with Crippen molar-refractivity contribution in [3.63, 3.8) is 0 Å². The van der Waals surface area contributed by atoms with E-state index in [0.29, 0.717) is 11.6 Å². The van der Waals surface area contributed by atoms with E-state index in [1.807, 2.05) is 25.6 Å². The lowest BCUT2D eigenvalue weighted by Crippen LogP contribution is -2.41. The van der Waals surface area contributed by atoms with E-state index in [1.54, 1.807) is 6.20 Å². The van der Waals surface area contributed by atoms with Crippen molar-refractivity contribution >= 4 is 11.6 Å². The first-order valence-electron chi connectivity index (χ1n) is 6.00. The highest BCUT2D eigenvalue weighted by molar-refractivity contribution is 6.31. The lowest BCUT2D eigenvalue weighted by molar-refractivity contribution is -0.0394. The van der Waals surface area contributed by atoms with Crippen LogP contribution in [0.5, 0.6) is 0 Å². The quantitative estimate of drug-likeness (QED) is 0.854. The second-order valence-electron chi connectivity index (χ2n) is 4.45. The van der Waals surface area contributed by atoms with E-state index in [9.17, 15) is 0 Å². The molecule has 1 atom stereocenters. The summed E-state index contributed by atoms with van der Waals surface area (Å²) in [6.45, 7) is 9.62. The number of hydrogen-bond acceptors (Lipinski definition) is 3. The molecule has 0 spiro atoms. The average molecular weight is 260 g/mol. The van der Waals surface area contributed by atoms with Gasteiger partial charge in [0.2, 0.25) is 0 Å². The highest BCUT2D eigenvalue weighted by atomic mass is 35.5. The van der Waals surface area contributed by atoms with Gasteiger partial charge in [0.1, 0.15) is 0 Å². The Bertz CT molecular complexity index is 363. The van der Waals surface area contributed by atoms with Gasteiger partial charge in [-0.25, -0.2) is 0 Å². The van der Waals surface area contributed by atoms with Crippen molar-refractivity contribution in [2.24, 2.45) is 0 Å². The molecule has 98 valence electrons. The number of nitrogens with one attached hydrogen (secondary N) is 1. The second-order valence-corrected chi connectivity index (χ2v) is 4.86. The van der Waals surface area contributed by atoms with Gasteiger partial charge in [-0.3, -0.25) is 4.68 Å². The van der Waals surface area contributed by atoms with Gasteiger partial charge in [-0.05, 0) is 34.7 Å². The fourth-order valence-electron chi connectivity index (χ4n) is 2.18. The van der Waals surface area contributed by atoms with Crippen LogP contribution in [0.1, 0.15) is 39.4 Å². The minimum atomic E-state index is -0.333. The Morgan fingerprint density at radius 2 is 2.18 bits per heavy atom. The summed E-state index contributed by atoms with van der Waals surface area (Å²) in [6, 6.07) is 0.0115. The molecule has 0 bridgehead atoms. The summed E-state index contributed by atoms with van der Waals surface area (Å²) in [7, 11) is 1.91. The minimum Gasteiger partial charge on any atom is -0.374 e. The zero-order valence-corrected chi connectivity index (χ0v) is 12.0. The SMILES string of the molecule is CCOC(C)(C)C(NC)c1c(Cl)cnn1CC. The molecule has 5 heteroatoms. The number of aryl methyl sites for hydroxylation is 1. The van der Waals surface area contributed by atoms with E-state index in [4.69, 9.17) is 16.3 Å². The average Bonchev–Trinajstić information content (AvgIpc) is 2.61. The molecule has 1 rings (SSSR count). The molecule has 0 saturated heterocycles. The smallest absolute Gasteiger partial charge is 0.0835 e. The van der Waals surface area contributed by atoms with Gasteiger partial charge in [0, 0.05) is 13.2 Å². The normalized spacial score (nSPS) is 14.0. The molecule has 4 nitrogen and oxygen atoms in total. The van der Waals surface area contributed by atoms with Crippen molar-refractivity contribution in [1.82, 2.24) is 15.1 Å². The van der Waals surface area contributed by atoms with Crippen LogP contribution in [-0.2, 0) is 11.3 Å². The summed E-state index contributed by atoms with van der Waals surface area (Å²) in [4.78, 5) is 0. The molecular formula is C12H22ClN3O. The number of nitrogens with zero attached hydrogens (tertiary/aromatic N) is 2. The molecule has 0 aliphatic rings. The van der Waals surface area contributed by atoms with Gasteiger partial charge in [-0.15, -0.1) is 0 Å². The van der Waals surface area contributed by atoms with Gasteiger partial charge in [0.15, 0.2) is 0 Å². The lowest BCUT2D eigenvalue weighted by atomic mass is 9.95. The lowest BCUT2D eigenvalue weighted by Gasteiger charge is -2.34. The predicted octanol–water partition coefficient (Wildman–Crippen LogP) is 2.63. The Labute approximate surface area is 108 Å². The second kappa shape index (κ2) is 5.85. The largest absolute Gasteiger partial charge is 0.374 e. The number of halogens is 1. The van der Waals surface area contributed by atoms with E-state index >= 15 is 0 Å². The Morgan fingerprint density at radius 3 is 2.65 bits per heavy atom. The molecule has 1 N–H and O–H groups in total. The summed E-state index contributed by atoms with van der Waals surface area (Å²) in [5.74, 6) is 0. The van der Waals surface area contributed by atoms with Crippen LogP contribution in [0.25, 0.3) is 0 Å². The third-order valence-corrected chi connectivity index (χ3v) is 3.20. The molecule has 1 unspecified atom stereocenters. The van der Waals surface area contributed by atoms with Crippen molar-refractivity contribution in [2.45, 2.75) is 45.9 Å². The number of likely N-dealkylation sites (N-methyl/N-ethyl adjacent to an activating group) is 1.